The van der Waals surface area contributed by atoms with Gasteiger partial charge in [-0.15, -0.1) is 0 Å². The lowest BCUT2D eigenvalue weighted by molar-refractivity contribution is -0.0533. The van der Waals surface area contributed by atoms with Gasteiger partial charge < -0.3 is 20.3 Å². The Bertz CT molecular complexity index is 400. The van der Waals surface area contributed by atoms with Crippen LogP contribution >= 0.6 is 0 Å². The number of hydrogen-bond donors (Lipinski definition) is 2. The van der Waals surface area contributed by atoms with Crippen molar-refractivity contribution in [3.05, 3.63) is 29.8 Å². The highest BCUT2D eigenvalue weighted by molar-refractivity contribution is 5.28. The fourth-order valence-corrected chi connectivity index (χ4v) is 2.33. The molecule has 1 atom stereocenters. The molecule has 1 heterocycles. The number of ether oxygens (including phenoxy) is 2. The van der Waals surface area contributed by atoms with Crippen LogP contribution in [0.3, 0.4) is 0 Å². The van der Waals surface area contributed by atoms with Gasteiger partial charge >= 0.3 is 0 Å². The summed E-state index contributed by atoms with van der Waals surface area (Å²) >= 11 is 0. The average Bonchev–Trinajstić information content (AvgIpc) is 2.52. The van der Waals surface area contributed by atoms with E-state index in [2.05, 4.69) is 4.90 Å². The van der Waals surface area contributed by atoms with Crippen molar-refractivity contribution in [2.24, 2.45) is 5.73 Å². The van der Waals surface area contributed by atoms with E-state index in [4.69, 9.17) is 20.3 Å². The van der Waals surface area contributed by atoms with Crippen molar-refractivity contribution < 1.29 is 14.6 Å². The third kappa shape index (κ3) is 4.76. The second-order valence-electron chi connectivity index (χ2n) is 5.03. The molecule has 1 aromatic carbocycles. The van der Waals surface area contributed by atoms with E-state index < -0.39 is 0 Å². The molecule has 0 bridgehead atoms. The summed E-state index contributed by atoms with van der Waals surface area (Å²) in [6, 6.07) is 7.90. The molecule has 2 rings (SSSR count). The summed E-state index contributed by atoms with van der Waals surface area (Å²) in [5.74, 6) is 0.878. The molecule has 0 aliphatic carbocycles. The first-order chi connectivity index (χ1) is 9.81. The standard InChI is InChI=1S/C15H24N2O3/c16-10-13-3-1-4-14(9-13)19-7-2-5-17-6-8-20-15(11-17)12-18/h1,3-4,9,15,18H,2,5-8,10-12,16H2. The zero-order valence-electron chi connectivity index (χ0n) is 11.8. The highest BCUT2D eigenvalue weighted by Gasteiger charge is 2.18. The summed E-state index contributed by atoms with van der Waals surface area (Å²) in [4.78, 5) is 2.31. The summed E-state index contributed by atoms with van der Waals surface area (Å²) in [7, 11) is 0. The highest BCUT2D eigenvalue weighted by Crippen LogP contribution is 2.13. The van der Waals surface area contributed by atoms with E-state index in [1.54, 1.807) is 0 Å². The number of aliphatic hydroxyl groups excluding tert-OH is 1. The van der Waals surface area contributed by atoms with Crippen molar-refractivity contribution in [2.45, 2.75) is 19.1 Å². The number of benzene rings is 1. The molecule has 1 aromatic rings. The van der Waals surface area contributed by atoms with E-state index in [-0.39, 0.29) is 12.7 Å². The van der Waals surface area contributed by atoms with Crippen LogP contribution in [-0.4, -0.2) is 55.6 Å². The molecule has 0 saturated carbocycles. The van der Waals surface area contributed by atoms with Crippen LogP contribution in [0.2, 0.25) is 0 Å². The van der Waals surface area contributed by atoms with E-state index in [0.717, 1.165) is 37.4 Å². The molecule has 112 valence electrons. The van der Waals surface area contributed by atoms with Crippen LogP contribution in [0.4, 0.5) is 0 Å². The number of aliphatic hydroxyl groups is 1. The van der Waals surface area contributed by atoms with Gasteiger partial charge in [-0.2, -0.15) is 0 Å². The van der Waals surface area contributed by atoms with Crippen LogP contribution in [0, 0.1) is 0 Å². The molecule has 1 aliphatic rings. The van der Waals surface area contributed by atoms with Gasteiger partial charge in [-0.05, 0) is 24.1 Å². The Kier molecular flexibility index (Phi) is 6.26. The zero-order valence-corrected chi connectivity index (χ0v) is 11.8. The summed E-state index contributed by atoms with van der Waals surface area (Å²) in [6.45, 7) is 4.72. The van der Waals surface area contributed by atoms with Gasteiger partial charge in [0.15, 0.2) is 0 Å². The predicted octanol–water partition coefficient (Wildman–Crippen LogP) is 0.607. The van der Waals surface area contributed by atoms with Crippen molar-refractivity contribution in [1.82, 2.24) is 4.90 Å². The van der Waals surface area contributed by atoms with Crippen LogP contribution in [-0.2, 0) is 11.3 Å². The van der Waals surface area contributed by atoms with Gasteiger partial charge in [0.2, 0.25) is 0 Å². The molecule has 0 aromatic heterocycles. The number of hydrogen-bond acceptors (Lipinski definition) is 5. The average molecular weight is 280 g/mol. The van der Waals surface area contributed by atoms with Crippen molar-refractivity contribution in [2.75, 3.05) is 39.5 Å². The van der Waals surface area contributed by atoms with Crippen LogP contribution < -0.4 is 10.5 Å². The number of morpholine rings is 1. The summed E-state index contributed by atoms with van der Waals surface area (Å²) in [5, 5.41) is 9.09. The van der Waals surface area contributed by atoms with Crippen molar-refractivity contribution in [3.63, 3.8) is 0 Å². The van der Waals surface area contributed by atoms with Gasteiger partial charge in [0, 0.05) is 26.2 Å². The molecule has 0 radical (unpaired) electrons. The summed E-state index contributed by atoms with van der Waals surface area (Å²) in [6.07, 6.45) is 0.927. The number of nitrogens with two attached hydrogens (primary N) is 1. The molecule has 0 spiro atoms. The molecule has 0 amide bonds. The maximum Gasteiger partial charge on any atom is 0.119 e. The molecular weight excluding hydrogens is 256 g/mol. The van der Waals surface area contributed by atoms with Crippen LogP contribution in [0.5, 0.6) is 5.75 Å². The van der Waals surface area contributed by atoms with Crippen LogP contribution in [0.1, 0.15) is 12.0 Å². The minimum absolute atomic E-state index is 0.0362. The Hall–Kier alpha value is -1.14. The van der Waals surface area contributed by atoms with Gasteiger partial charge in [0.1, 0.15) is 5.75 Å². The molecule has 3 N–H and O–H groups in total. The fourth-order valence-electron chi connectivity index (χ4n) is 2.33. The van der Waals surface area contributed by atoms with Crippen molar-refractivity contribution in [3.8, 4) is 5.75 Å². The second kappa shape index (κ2) is 8.21. The normalized spacial score (nSPS) is 20.0. The Morgan fingerprint density at radius 2 is 2.35 bits per heavy atom. The third-order valence-electron chi connectivity index (χ3n) is 3.45. The first-order valence-electron chi connectivity index (χ1n) is 7.18. The van der Waals surface area contributed by atoms with Gasteiger partial charge in [-0.25, -0.2) is 0 Å². The van der Waals surface area contributed by atoms with E-state index in [0.29, 0.717) is 19.8 Å². The number of nitrogens with zero attached hydrogens (tertiary/aromatic N) is 1. The SMILES string of the molecule is NCc1cccc(OCCCN2CCOC(CO)C2)c1. The molecule has 1 aliphatic heterocycles. The van der Waals surface area contributed by atoms with Crippen LogP contribution in [0.25, 0.3) is 0 Å². The number of rotatable bonds is 7. The molecule has 1 fully saturated rings. The minimum atomic E-state index is -0.0362. The van der Waals surface area contributed by atoms with Crippen LogP contribution in [0.15, 0.2) is 24.3 Å². The van der Waals surface area contributed by atoms with Gasteiger partial charge in [-0.1, -0.05) is 12.1 Å². The molecule has 1 saturated heterocycles. The van der Waals surface area contributed by atoms with E-state index in [1.165, 1.54) is 0 Å². The lowest BCUT2D eigenvalue weighted by Gasteiger charge is -2.31. The molecule has 20 heavy (non-hydrogen) atoms. The third-order valence-corrected chi connectivity index (χ3v) is 3.45. The van der Waals surface area contributed by atoms with E-state index in [1.807, 2.05) is 24.3 Å². The lowest BCUT2D eigenvalue weighted by atomic mass is 10.2. The highest BCUT2D eigenvalue weighted by atomic mass is 16.5. The first-order valence-corrected chi connectivity index (χ1v) is 7.18. The maximum atomic E-state index is 9.09. The topological polar surface area (TPSA) is 68.0 Å². The van der Waals surface area contributed by atoms with Gasteiger partial charge in [0.05, 0.1) is 25.9 Å². The smallest absolute Gasteiger partial charge is 0.119 e. The molecule has 5 nitrogen and oxygen atoms in total. The Balaban J connectivity index is 1.65. The van der Waals surface area contributed by atoms with Gasteiger partial charge in [-0.3, -0.25) is 4.90 Å². The van der Waals surface area contributed by atoms with Crippen molar-refractivity contribution in [1.29, 1.82) is 0 Å². The largest absolute Gasteiger partial charge is 0.494 e. The van der Waals surface area contributed by atoms with Crippen molar-refractivity contribution >= 4 is 0 Å². The van der Waals surface area contributed by atoms with Gasteiger partial charge in [0.25, 0.3) is 0 Å². The second-order valence-corrected chi connectivity index (χ2v) is 5.03. The van der Waals surface area contributed by atoms with E-state index >= 15 is 0 Å². The first kappa shape index (κ1) is 15.3. The molecular formula is C15H24N2O3. The summed E-state index contributed by atoms with van der Waals surface area (Å²) < 4.78 is 11.2. The van der Waals surface area contributed by atoms with E-state index in [9.17, 15) is 0 Å². The summed E-state index contributed by atoms with van der Waals surface area (Å²) in [5.41, 5.74) is 6.69. The quantitative estimate of drug-likeness (QED) is 0.716. The fraction of sp³-hybridized carbons (Fsp3) is 0.600. The lowest BCUT2D eigenvalue weighted by Crippen LogP contribution is -2.44. The predicted molar refractivity (Wildman–Crippen MR) is 77.7 cm³/mol. The molecule has 1 unspecified atom stereocenters. The Morgan fingerprint density at radius 1 is 1.45 bits per heavy atom. The minimum Gasteiger partial charge on any atom is -0.494 e. The Morgan fingerprint density at radius 3 is 3.15 bits per heavy atom. The maximum absolute atomic E-state index is 9.09. The zero-order chi connectivity index (χ0) is 14.2. The molecule has 5 heteroatoms. The monoisotopic (exact) mass is 280 g/mol. The Labute approximate surface area is 120 Å².